The van der Waals surface area contributed by atoms with Gasteiger partial charge in [0.1, 0.15) is 5.69 Å². The minimum Gasteiger partial charge on any atom is -0.477 e. The number of aromatic carboxylic acids is 1. The number of carboxylic acids is 1. The Morgan fingerprint density at radius 3 is 2.80 bits per heavy atom. The van der Waals surface area contributed by atoms with Crippen LogP contribution in [0.5, 0.6) is 0 Å². The number of carbonyl (C=O) groups is 1. The number of hydrogen-bond donors (Lipinski definition) is 1. The Bertz CT molecular complexity index is 307. The molecule has 0 atom stereocenters. The third kappa shape index (κ3) is 3.73. The van der Waals surface area contributed by atoms with E-state index in [0.717, 1.165) is 12.8 Å². The summed E-state index contributed by atoms with van der Waals surface area (Å²) in [5.41, 5.74) is 0.283. The molecular formula is C11H18N2O2. The predicted molar refractivity (Wildman–Crippen MR) is 57.9 cm³/mol. The number of nitrogens with zero attached hydrogens (tertiary/aromatic N) is 2. The normalized spacial score (nSPS) is 10.5. The van der Waals surface area contributed by atoms with E-state index in [1.54, 1.807) is 4.68 Å². The zero-order valence-corrected chi connectivity index (χ0v) is 9.15. The Kier molecular flexibility index (Phi) is 4.87. The van der Waals surface area contributed by atoms with Crippen molar-refractivity contribution in [1.29, 1.82) is 0 Å². The van der Waals surface area contributed by atoms with Crippen LogP contribution < -0.4 is 0 Å². The number of carboxylic acid groups (broad SMARTS) is 1. The van der Waals surface area contributed by atoms with Crippen molar-refractivity contribution in [3.05, 3.63) is 18.0 Å². The molecule has 1 rings (SSSR count). The van der Waals surface area contributed by atoms with E-state index >= 15 is 0 Å². The topological polar surface area (TPSA) is 55.1 Å². The summed E-state index contributed by atoms with van der Waals surface area (Å²) in [5.74, 6) is -0.902. The van der Waals surface area contributed by atoms with Gasteiger partial charge in [-0.05, 0) is 12.5 Å². The first-order valence-corrected chi connectivity index (χ1v) is 5.50. The number of rotatable bonds is 7. The van der Waals surface area contributed by atoms with Gasteiger partial charge in [0.25, 0.3) is 0 Å². The summed E-state index contributed by atoms with van der Waals surface area (Å²) in [6, 6.07) is 1.54. The third-order valence-corrected chi connectivity index (χ3v) is 2.41. The monoisotopic (exact) mass is 210 g/mol. The predicted octanol–water partition coefficient (Wildman–Crippen LogP) is 2.55. The fourth-order valence-electron chi connectivity index (χ4n) is 1.56. The lowest BCUT2D eigenvalue weighted by Gasteiger charge is -2.03. The van der Waals surface area contributed by atoms with Gasteiger partial charge in [-0.3, -0.25) is 4.68 Å². The van der Waals surface area contributed by atoms with Crippen LogP contribution in [0, 0.1) is 0 Å². The van der Waals surface area contributed by atoms with Gasteiger partial charge in [-0.1, -0.05) is 32.6 Å². The number of hydrogen-bond acceptors (Lipinski definition) is 2. The summed E-state index contributed by atoms with van der Waals surface area (Å²) < 4.78 is 1.56. The summed E-state index contributed by atoms with van der Waals surface area (Å²) in [4.78, 5) is 10.8. The highest BCUT2D eigenvalue weighted by atomic mass is 16.4. The van der Waals surface area contributed by atoms with Crippen molar-refractivity contribution in [2.24, 2.45) is 0 Å². The first kappa shape index (κ1) is 11.8. The molecule has 1 aromatic rings. The largest absolute Gasteiger partial charge is 0.477 e. The van der Waals surface area contributed by atoms with Crippen molar-refractivity contribution < 1.29 is 9.90 Å². The van der Waals surface area contributed by atoms with Gasteiger partial charge in [0.15, 0.2) is 0 Å². The van der Waals surface area contributed by atoms with Gasteiger partial charge >= 0.3 is 5.97 Å². The van der Waals surface area contributed by atoms with E-state index in [9.17, 15) is 4.79 Å². The molecule has 0 aromatic carbocycles. The van der Waals surface area contributed by atoms with Crippen molar-refractivity contribution in [2.75, 3.05) is 0 Å². The van der Waals surface area contributed by atoms with Crippen molar-refractivity contribution in [3.8, 4) is 0 Å². The Labute approximate surface area is 89.9 Å². The van der Waals surface area contributed by atoms with E-state index in [2.05, 4.69) is 12.0 Å². The maximum absolute atomic E-state index is 10.8. The summed E-state index contributed by atoms with van der Waals surface area (Å²) >= 11 is 0. The smallest absolute Gasteiger partial charge is 0.354 e. The molecule has 0 aliphatic carbocycles. The zero-order chi connectivity index (χ0) is 11.1. The molecule has 1 N–H and O–H groups in total. The summed E-state index contributed by atoms with van der Waals surface area (Å²) in [6.45, 7) is 2.88. The molecule has 0 saturated heterocycles. The van der Waals surface area contributed by atoms with Gasteiger partial charge in [0.05, 0.1) is 0 Å². The van der Waals surface area contributed by atoms with Crippen LogP contribution in [-0.2, 0) is 6.54 Å². The van der Waals surface area contributed by atoms with E-state index < -0.39 is 5.97 Å². The van der Waals surface area contributed by atoms with E-state index in [4.69, 9.17) is 5.11 Å². The molecule has 0 fully saturated rings. The van der Waals surface area contributed by atoms with Gasteiger partial charge in [0, 0.05) is 12.7 Å². The number of aromatic nitrogens is 2. The average molecular weight is 210 g/mol. The fourth-order valence-corrected chi connectivity index (χ4v) is 1.56. The highest BCUT2D eigenvalue weighted by Crippen LogP contribution is 2.06. The molecule has 1 aromatic heterocycles. The molecular weight excluding hydrogens is 192 g/mol. The summed E-state index contributed by atoms with van der Waals surface area (Å²) in [6.07, 6.45) is 7.39. The molecule has 0 aliphatic heterocycles. The second-order valence-electron chi connectivity index (χ2n) is 3.66. The third-order valence-electron chi connectivity index (χ3n) is 2.41. The first-order valence-electron chi connectivity index (χ1n) is 5.50. The van der Waals surface area contributed by atoms with Crippen LogP contribution in [0.25, 0.3) is 0 Å². The van der Waals surface area contributed by atoms with E-state index in [-0.39, 0.29) is 5.69 Å². The summed E-state index contributed by atoms with van der Waals surface area (Å²) in [7, 11) is 0. The second kappa shape index (κ2) is 6.22. The van der Waals surface area contributed by atoms with Crippen molar-refractivity contribution >= 4 is 5.97 Å². The van der Waals surface area contributed by atoms with E-state index in [0.29, 0.717) is 6.54 Å². The molecule has 0 saturated carbocycles. The van der Waals surface area contributed by atoms with Crippen LogP contribution in [0.15, 0.2) is 12.3 Å². The minimum atomic E-state index is -0.902. The van der Waals surface area contributed by atoms with Gasteiger partial charge < -0.3 is 5.11 Å². The van der Waals surface area contributed by atoms with Crippen LogP contribution in [0.1, 0.15) is 49.5 Å². The van der Waals surface area contributed by atoms with Crippen LogP contribution in [0.3, 0.4) is 0 Å². The lowest BCUT2D eigenvalue weighted by atomic mass is 10.1. The molecule has 0 amide bonds. The number of aryl methyl sites for hydroxylation is 1. The Morgan fingerprint density at radius 1 is 1.40 bits per heavy atom. The molecule has 0 spiro atoms. The average Bonchev–Trinajstić information content (AvgIpc) is 2.66. The molecule has 0 bridgehead atoms. The van der Waals surface area contributed by atoms with Gasteiger partial charge in [-0.2, -0.15) is 5.10 Å². The van der Waals surface area contributed by atoms with Crippen molar-refractivity contribution in [2.45, 2.75) is 45.6 Å². The van der Waals surface area contributed by atoms with Crippen LogP contribution in [0.2, 0.25) is 0 Å². The second-order valence-corrected chi connectivity index (χ2v) is 3.66. The molecule has 1 heterocycles. The molecule has 84 valence electrons. The highest BCUT2D eigenvalue weighted by molar-refractivity contribution is 5.85. The van der Waals surface area contributed by atoms with Crippen LogP contribution in [0.4, 0.5) is 0 Å². The first-order chi connectivity index (χ1) is 7.25. The molecule has 0 radical (unpaired) electrons. The van der Waals surface area contributed by atoms with Crippen LogP contribution >= 0.6 is 0 Å². The van der Waals surface area contributed by atoms with Gasteiger partial charge in [0.2, 0.25) is 0 Å². The molecule has 0 aliphatic rings. The molecule has 0 unspecified atom stereocenters. The lowest BCUT2D eigenvalue weighted by molar-refractivity contribution is 0.0683. The van der Waals surface area contributed by atoms with E-state index in [1.165, 1.54) is 31.5 Å². The van der Waals surface area contributed by atoms with E-state index in [1.807, 2.05) is 0 Å². The van der Waals surface area contributed by atoms with Gasteiger partial charge in [-0.15, -0.1) is 0 Å². The fraction of sp³-hybridized carbons (Fsp3) is 0.636. The molecule has 4 nitrogen and oxygen atoms in total. The highest BCUT2D eigenvalue weighted by Gasteiger charge is 2.08. The molecule has 4 heteroatoms. The minimum absolute atomic E-state index is 0.283. The Balaban J connectivity index is 2.31. The van der Waals surface area contributed by atoms with Crippen molar-refractivity contribution in [3.63, 3.8) is 0 Å². The maximum Gasteiger partial charge on any atom is 0.354 e. The lowest BCUT2D eigenvalue weighted by Crippen LogP contribution is -2.09. The zero-order valence-electron chi connectivity index (χ0n) is 9.15. The SMILES string of the molecule is CCCCCCCn1nccc1C(=O)O. The van der Waals surface area contributed by atoms with Gasteiger partial charge in [-0.25, -0.2) is 4.79 Å². The maximum atomic E-state index is 10.8. The molecule has 15 heavy (non-hydrogen) atoms. The van der Waals surface area contributed by atoms with Crippen molar-refractivity contribution in [1.82, 2.24) is 9.78 Å². The quantitative estimate of drug-likeness (QED) is 0.703. The van der Waals surface area contributed by atoms with Crippen LogP contribution in [-0.4, -0.2) is 20.9 Å². The summed E-state index contributed by atoms with van der Waals surface area (Å²) in [5, 5.41) is 12.8. The standard InChI is InChI=1S/C11H18N2O2/c1-2-3-4-5-6-9-13-10(11(14)15)7-8-12-13/h7-8H,2-6,9H2,1H3,(H,14,15). The Hall–Kier alpha value is -1.32. The Morgan fingerprint density at radius 2 is 2.13 bits per heavy atom. The number of unbranched alkanes of at least 4 members (excludes halogenated alkanes) is 4.